The van der Waals surface area contributed by atoms with Crippen molar-refractivity contribution in [3.8, 4) is 0 Å². The van der Waals surface area contributed by atoms with Gasteiger partial charge in [-0.15, -0.1) is 0 Å². The second kappa shape index (κ2) is 4.27. The third-order valence-electron chi connectivity index (χ3n) is 3.51. The van der Waals surface area contributed by atoms with E-state index >= 15 is 0 Å². The summed E-state index contributed by atoms with van der Waals surface area (Å²) in [5.74, 6) is 0.776. The summed E-state index contributed by atoms with van der Waals surface area (Å²) in [6.45, 7) is 5.64. The van der Waals surface area contributed by atoms with Crippen molar-refractivity contribution in [2.24, 2.45) is 11.3 Å². The molecule has 0 heterocycles. The van der Waals surface area contributed by atoms with Gasteiger partial charge in [-0.05, 0) is 24.2 Å². The van der Waals surface area contributed by atoms with E-state index in [-0.39, 0.29) is 0 Å². The summed E-state index contributed by atoms with van der Waals surface area (Å²) in [5.41, 5.74) is 0.507. The van der Waals surface area contributed by atoms with Gasteiger partial charge in [0.25, 0.3) is 0 Å². The SMILES string of the molecule is COCC1(C(C)C)CCCCC1. The van der Waals surface area contributed by atoms with Crippen molar-refractivity contribution in [2.75, 3.05) is 13.7 Å². The van der Waals surface area contributed by atoms with Crippen LogP contribution in [0.25, 0.3) is 0 Å². The molecule has 1 aliphatic carbocycles. The van der Waals surface area contributed by atoms with Crippen LogP contribution in [0, 0.1) is 11.3 Å². The molecule has 1 saturated carbocycles. The highest BCUT2D eigenvalue weighted by atomic mass is 16.5. The largest absolute Gasteiger partial charge is 0.384 e. The summed E-state index contributed by atoms with van der Waals surface area (Å²) in [6.07, 6.45) is 6.98. The molecule has 0 spiro atoms. The Hall–Kier alpha value is -0.0400. The molecule has 12 heavy (non-hydrogen) atoms. The first kappa shape index (κ1) is 10.0. The molecular formula is C11H22O. The van der Waals surface area contributed by atoms with Crippen LogP contribution in [0.3, 0.4) is 0 Å². The van der Waals surface area contributed by atoms with Gasteiger partial charge in [0.1, 0.15) is 0 Å². The van der Waals surface area contributed by atoms with Gasteiger partial charge < -0.3 is 4.74 Å². The van der Waals surface area contributed by atoms with Crippen LogP contribution in [-0.2, 0) is 4.74 Å². The molecule has 0 saturated heterocycles. The van der Waals surface area contributed by atoms with Crippen molar-refractivity contribution in [1.29, 1.82) is 0 Å². The van der Waals surface area contributed by atoms with Gasteiger partial charge in [-0.25, -0.2) is 0 Å². The number of hydrogen-bond acceptors (Lipinski definition) is 1. The first-order chi connectivity index (χ1) is 5.71. The van der Waals surface area contributed by atoms with Crippen LogP contribution < -0.4 is 0 Å². The molecule has 1 nitrogen and oxygen atoms in total. The molecule has 0 amide bonds. The number of hydrogen-bond donors (Lipinski definition) is 0. The number of rotatable bonds is 3. The molecule has 0 atom stereocenters. The Kier molecular flexibility index (Phi) is 3.57. The first-order valence-corrected chi connectivity index (χ1v) is 5.20. The zero-order valence-corrected chi connectivity index (χ0v) is 8.73. The lowest BCUT2D eigenvalue weighted by Gasteiger charge is -2.40. The van der Waals surface area contributed by atoms with Crippen LogP contribution >= 0.6 is 0 Å². The lowest BCUT2D eigenvalue weighted by atomic mass is 9.67. The van der Waals surface area contributed by atoms with Gasteiger partial charge in [0.15, 0.2) is 0 Å². The fraction of sp³-hybridized carbons (Fsp3) is 1.00. The van der Waals surface area contributed by atoms with E-state index in [2.05, 4.69) is 13.8 Å². The van der Waals surface area contributed by atoms with Crippen LogP contribution in [0.2, 0.25) is 0 Å². The molecule has 0 aromatic carbocycles. The van der Waals surface area contributed by atoms with E-state index < -0.39 is 0 Å². The van der Waals surface area contributed by atoms with Crippen molar-refractivity contribution in [2.45, 2.75) is 46.0 Å². The molecule has 0 unspecified atom stereocenters. The Morgan fingerprint density at radius 3 is 2.17 bits per heavy atom. The summed E-state index contributed by atoms with van der Waals surface area (Å²) < 4.78 is 5.35. The molecule has 1 fully saturated rings. The molecular weight excluding hydrogens is 148 g/mol. The van der Waals surface area contributed by atoms with Crippen LogP contribution in [0.5, 0.6) is 0 Å². The molecule has 0 aliphatic heterocycles. The summed E-state index contributed by atoms with van der Waals surface area (Å²) >= 11 is 0. The lowest BCUT2D eigenvalue weighted by molar-refractivity contribution is 0.0124. The van der Waals surface area contributed by atoms with Crippen molar-refractivity contribution in [3.05, 3.63) is 0 Å². The van der Waals surface area contributed by atoms with E-state index in [1.807, 2.05) is 7.11 Å². The van der Waals surface area contributed by atoms with Crippen LogP contribution in [-0.4, -0.2) is 13.7 Å². The predicted molar refractivity (Wildman–Crippen MR) is 52.2 cm³/mol. The van der Waals surface area contributed by atoms with E-state index in [0.717, 1.165) is 12.5 Å². The molecule has 1 aliphatic rings. The average Bonchev–Trinajstić information content (AvgIpc) is 2.06. The molecule has 0 bridgehead atoms. The highest BCUT2D eigenvalue weighted by Gasteiger charge is 2.34. The van der Waals surface area contributed by atoms with Gasteiger partial charge in [-0.3, -0.25) is 0 Å². The Morgan fingerprint density at radius 1 is 1.17 bits per heavy atom. The maximum atomic E-state index is 5.35. The maximum Gasteiger partial charge on any atom is 0.0521 e. The highest BCUT2D eigenvalue weighted by molar-refractivity contribution is 4.85. The molecule has 1 rings (SSSR count). The summed E-state index contributed by atoms with van der Waals surface area (Å²) in [4.78, 5) is 0. The maximum absolute atomic E-state index is 5.35. The van der Waals surface area contributed by atoms with Gasteiger partial charge in [0, 0.05) is 7.11 Å². The minimum Gasteiger partial charge on any atom is -0.384 e. The third-order valence-corrected chi connectivity index (χ3v) is 3.51. The topological polar surface area (TPSA) is 9.23 Å². The van der Waals surface area contributed by atoms with Gasteiger partial charge in [-0.1, -0.05) is 33.1 Å². The first-order valence-electron chi connectivity index (χ1n) is 5.20. The van der Waals surface area contributed by atoms with Crippen molar-refractivity contribution in [1.82, 2.24) is 0 Å². The zero-order valence-electron chi connectivity index (χ0n) is 8.73. The van der Waals surface area contributed by atoms with E-state index in [1.54, 1.807) is 0 Å². The van der Waals surface area contributed by atoms with Crippen LogP contribution in [0.15, 0.2) is 0 Å². The van der Waals surface area contributed by atoms with Crippen LogP contribution in [0.4, 0.5) is 0 Å². The van der Waals surface area contributed by atoms with E-state index in [0.29, 0.717) is 5.41 Å². The minimum atomic E-state index is 0.507. The Morgan fingerprint density at radius 2 is 1.75 bits per heavy atom. The average molecular weight is 170 g/mol. The summed E-state index contributed by atoms with van der Waals surface area (Å²) in [7, 11) is 1.83. The smallest absolute Gasteiger partial charge is 0.0521 e. The molecule has 72 valence electrons. The van der Waals surface area contributed by atoms with Gasteiger partial charge in [0.2, 0.25) is 0 Å². The van der Waals surface area contributed by atoms with E-state index in [4.69, 9.17) is 4.74 Å². The normalized spacial score (nSPS) is 23.0. The van der Waals surface area contributed by atoms with Crippen molar-refractivity contribution in [3.63, 3.8) is 0 Å². The fourth-order valence-corrected chi connectivity index (χ4v) is 2.43. The second-order valence-corrected chi connectivity index (χ2v) is 4.51. The molecule has 0 N–H and O–H groups in total. The van der Waals surface area contributed by atoms with Crippen molar-refractivity contribution >= 4 is 0 Å². The van der Waals surface area contributed by atoms with Crippen molar-refractivity contribution < 1.29 is 4.74 Å². The molecule has 1 heteroatoms. The van der Waals surface area contributed by atoms with Crippen LogP contribution in [0.1, 0.15) is 46.0 Å². The summed E-state index contributed by atoms with van der Waals surface area (Å²) in [5, 5.41) is 0. The highest BCUT2D eigenvalue weighted by Crippen LogP contribution is 2.42. The quantitative estimate of drug-likeness (QED) is 0.632. The third kappa shape index (κ3) is 2.01. The van der Waals surface area contributed by atoms with E-state index in [1.165, 1.54) is 32.1 Å². The minimum absolute atomic E-state index is 0.507. The Balaban J connectivity index is 2.56. The predicted octanol–water partition coefficient (Wildman–Crippen LogP) is 3.24. The number of ether oxygens (including phenoxy) is 1. The van der Waals surface area contributed by atoms with Gasteiger partial charge in [0.05, 0.1) is 6.61 Å². The van der Waals surface area contributed by atoms with E-state index in [9.17, 15) is 0 Å². The monoisotopic (exact) mass is 170 g/mol. The summed E-state index contributed by atoms with van der Waals surface area (Å²) in [6, 6.07) is 0. The fourth-order valence-electron chi connectivity index (χ4n) is 2.43. The zero-order chi connectivity index (χ0) is 9.03. The standard InChI is InChI=1S/C11H22O/c1-10(2)11(9-12-3)7-5-4-6-8-11/h10H,4-9H2,1-3H3. The lowest BCUT2D eigenvalue weighted by Crippen LogP contribution is -2.34. The number of methoxy groups -OCH3 is 1. The Labute approximate surface area is 76.5 Å². The Bertz CT molecular complexity index is 117. The molecule has 0 aromatic heterocycles. The molecule has 0 aromatic rings. The second-order valence-electron chi connectivity index (χ2n) is 4.51. The van der Waals surface area contributed by atoms with Gasteiger partial charge in [-0.2, -0.15) is 0 Å². The molecule has 0 radical (unpaired) electrons. The van der Waals surface area contributed by atoms with Gasteiger partial charge >= 0.3 is 0 Å².